The van der Waals surface area contributed by atoms with Crippen LogP contribution in [0.15, 0.2) is 41.0 Å². The Balaban J connectivity index is 2.08. The van der Waals surface area contributed by atoms with Crippen LogP contribution in [0.4, 0.5) is 5.69 Å². The minimum Gasteiger partial charge on any atom is -0.378 e. The highest BCUT2D eigenvalue weighted by Crippen LogP contribution is 2.21. The van der Waals surface area contributed by atoms with E-state index in [4.69, 9.17) is 11.6 Å². The van der Waals surface area contributed by atoms with Gasteiger partial charge in [0.05, 0.1) is 5.69 Å². The zero-order valence-electron chi connectivity index (χ0n) is 9.37. The van der Waals surface area contributed by atoms with Crippen molar-refractivity contribution in [2.45, 2.75) is 13.5 Å². The number of nitrogens with one attached hydrogen (secondary N) is 1. The van der Waals surface area contributed by atoms with Crippen molar-refractivity contribution in [3.63, 3.8) is 0 Å². The predicted octanol–water partition coefficient (Wildman–Crippen LogP) is 4.42. The third kappa shape index (κ3) is 3.20. The number of benzene rings is 1. The van der Waals surface area contributed by atoms with Crippen molar-refractivity contribution in [1.29, 1.82) is 0 Å². The zero-order valence-corrected chi connectivity index (χ0v) is 11.7. The average molecular weight is 312 g/mol. The van der Waals surface area contributed by atoms with E-state index in [0.717, 1.165) is 16.7 Å². The van der Waals surface area contributed by atoms with E-state index in [0.29, 0.717) is 5.15 Å². The first-order valence-corrected chi connectivity index (χ1v) is 6.43. The first-order valence-electron chi connectivity index (χ1n) is 5.26. The van der Waals surface area contributed by atoms with Gasteiger partial charge in [-0.1, -0.05) is 39.7 Å². The number of pyridine rings is 1. The molecule has 88 valence electrons. The van der Waals surface area contributed by atoms with E-state index in [2.05, 4.69) is 51.4 Å². The smallest absolute Gasteiger partial charge is 0.152 e. The molecule has 0 aliphatic heterocycles. The first-order chi connectivity index (χ1) is 8.16. The van der Waals surface area contributed by atoms with E-state index in [-0.39, 0.29) is 0 Å². The van der Waals surface area contributed by atoms with Gasteiger partial charge >= 0.3 is 0 Å². The second kappa shape index (κ2) is 5.52. The fourth-order valence-corrected chi connectivity index (χ4v) is 2.07. The van der Waals surface area contributed by atoms with Gasteiger partial charge in [-0.05, 0) is 36.2 Å². The summed E-state index contributed by atoms with van der Waals surface area (Å²) in [6.45, 7) is 2.80. The number of halogens is 2. The second-order valence-corrected chi connectivity index (χ2v) is 4.99. The molecule has 0 saturated heterocycles. The van der Waals surface area contributed by atoms with Crippen LogP contribution >= 0.6 is 27.5 Å². The van der Waals surface area contributed by atoms with Gasteiger partial charge in [0.15, 0.2) is 5.15 Å². The van der Waals surface area contributed by atoms with Crippen LogP contribution in [0, 0.1) is 6.92 Å². The van der Waals surface area contributed by atoms with Crippen LogP contribution in [0.1, 0.15) is 11.1 Å². The largest absolute Gasteiger partial charge is 0.378 e. The van der Waals surface area contributed by atoms with Crippen LogP contribution in [0.5, 0.6) is 0 Å². The van der Waals surface area contributed by atoms with Crippen molar-refractivity contribution in [2.75, 3.05) is 5.32 Å². The minimum atomic E-state index is 0.499. The molecule has 0 spiro atoms. The molecule has 0 unspecified atom stereocenters. The van der Waals surface area contributed by atoms with Gasteiger partial charge in [0.1, 0.15) is 0 Å². The second-order valence-electron chi connectivity index (χ2n) is 3.78. The number of hydrogen-bond donors (Lipinski definition) is 1. The van der Waals surface area contributed by atoms with Gasteiger partial charge in [0.2, 0.25) is 0 Å². The van der Waals surface area contributed by atoms with E-state index in [1.807, 2.05) is 12.1 Å². The van der Waals surface area contributed by atoms with Gasteiger partial charge in [0, 0.05) is 17.2 Å². The molecule has 2 aromatic rings. The summed E-state index contributed by atoms with van der Waals surface area (Å²) in [6.07, 6.45) is 1.68. The molecule has 1 N–H and O–H groups in total. The third-order valence-corrected chi connectivity index (χ3v) is 3.63. The van der Waals surface area contributed by atoms with Crippen molar-refractivity contribution in [3.8, 4) is 0 Å². The summed E-state index contributed by atoms with van der Waals surface area (Å²) in [7, 11) is 0. The van der Waals surface area contributed by atoms with Gasteiger partial charge in [0.25, 0.3) is 0 Å². The fourth-order valence-electron chi connectivity index (χ4n) is 1.46. The van der Waals surface area contributed by atoms with E-state index >= 15 is 0 Å². The van der Waals surface area contributed by atoms with Gasteiger partial charge in [-0.15, -0.1) is 0 Å². The molecule has 0 radical (unpaired) electrons. The molecule has 1 aromatic carbocycles. The number of nitrogens with zero attached hydrogens (tertiary/aromatic N) is 1. The highest BCUT2D eigenvalue weighted by Gasteiger charge is 2.01. The molecule has 0 amide bonds. The third-order valence-electron chi connectivity index (χ3n) is 2.48. The van der Waals surface area contributed by atoms with Gasteiger partial charge in [-0.25, -0.2) is 4.98 Å². The molecular weight excluding hydrogens is 300 g/mol. The van der Waals surface area contributed by atoms with Crippen LogP contribution in [-0.4, -0.2) is 4.98 Å². The summed E-state index contributed by atoms with van der Waals surface area (Å²) in [5.41, 5.74) is 3.28. The molecular formula is C13H12BrClN2. The predicted molar refractivity (Wildman–Crippen MR) is 75.5 cm³/mol. The Morgan fingerprint density at radius 3 is 2.88 bits per heavy atom. The molecule has 4 heteroatoms. The zero-order chi connectivity index (χ0) is 12.3. The van der Waals surface area contributed by atoms with Crippen molar-refractivity contribution < 1.29 is 0 Å². The van der Waals surface area contributed by atoms with Crippen molar-refractivity contribution in [2.24, 2.45) is 0 Å². The number of hydrogen-bond acceptors (Lipinski definition) is 2. The lowest BCUT2D eigenvalue weighted by atomic mass is 10.1. The molecule has 0 atom stereocenters. The van der Waals surface area contributed by atoms with Crippen LogP contribution in [0.2, 0.25) is 5.15 Å². The first kappa shape index (κ1) is 12.4. The lowest BCUT2D eigenvalue weighted by Crippen LogP contribution is -2.00. The molecule has 1 heterocycles. The Morgan fingerprint density at radius 1 is 1.35 bits per heavy atom. The van der Waals surface area contributed by atoms with E-state index in [1.54, 1.807) is 6.20 Å². The topological polar surface area (TPSA) is 24.9 Å². The molecule has 0 aliphatic rings. The van der Waals surface area contributed by atoms with E-state index in [1.165, 1.54) is 11.1 Å². The fraction of sp³-hybridized carbons (Fsp3) is 0.154. The highest BCUT2D eigenvalue weighted by molar-refractivity contribution is 9.10. The molecule has 0 bridgehead atoms. The molecule has 17 heavy (non-hydrogen) atoms. The Morgan fingerprint density at radius 2 is 2.18 bits per heavy atom. The maximum Gasteiger partial charge on any atom is 0.152 e. The summed E-state index contributed by atoms with van der Waals surface area (Å²) in [5, 5.41) is 3.76. The summed E-state index contributed by atoms with van der Waals surface area (Å²) < 4.78 is 1.12. The maximum absolute atomic E-state index is 5.96. The number of aromatic nitrogens is 1. The van der Waals surface area contributed by atoms with Crippen LogP contribution in [0.3, 0.4) is 0 Å². The standard InChI is InChI=1S/C13H12BrClN2/c1-9-4-5-10(7-11(9)14)8-17-12-3-2-6-16-13(12)15/h2-7,17H,8H2,1H3. The van der Waals surface area contributed by atoms with Gasteiger partial charge < -0.3 is 5.32 Å². The monoisotopic (exact) mass is 310 g/mol. The van der Waals surface area contributed by atoms with Crippen molar-refractivity contribution in [1.82, 2.24) is 4.98 Å². The van der Waals surface area contributed by atoms with Crippen LogP contribution in [0.25, 0.3) is 0 Å². The average Bonchev–Trinajstić information content (AvgIpc) is 2.32. The molecule has 0 aliphatic carbocycles. The summed E-state index contributed by atoms with van der Waals surface area (Å²) >= 11 is 9.48. The van der Waals surface area contributed by atoms with Crippen molar-refractivity contribution >= 4 is 33.2 Å². The molecule has 0 saturated carbocycles. The molecule has 2 rings (SSSR count). The van der Waals surface area contributed by atoms with Crippen LogP contribution in [-0.2, 0) is 6.54 Å². The lowest BCUT2D eigenvalue weighted by molar-refractivity contribution is 1.13. The summed E-state index contributed by atoms with van der Waals surface area (Å²) in [6, 6.07) is 10.1. The maximum atomic E-state index is 5.96. The lowest BCUT2D eigenvalue weighted by Gasteiger charge is -2.08. The SMILES string of the molecule is Cc1ccc(CNc2cccnc2Cl)cc1Br. The Bertz CT molecular complexity index is 529. The number of rotatable bonds is 3. The molecule has 2 nitrogen and oxygen atoms in total. The highest BCUT2D eigenvalue weighted by atomic mass is 79.9. The Hall–Kier alpha value is -1.06. The van der Waals surface area contributed by atoms with Crippen LogP contribution < -0.4 is 5.32 Å². The minimum absolute atomic E-state index is 0.499. The Kier molecular flexibility index (Phi) is 4.02. The van der Waals surface area contributed by atoms with Crippen molar-refractivity contribution in [3.05, 3.63) is 57.3 Å². The number of aryl methyl sites for hydroxylation is 1. The van der Waals surface area contributed by atoms with Gasteiger partial charge in [-0.3, -0.25) is 0 Å². The quantitative estimate of drug-likeness (QED) is 0.849. The molecule has 1 aromatic heterocycles. The number of anilines is 1. The summed E-state index contributed by atoms with van der Waals surface area (Å²) in [5.74, 6) is 0. The summed E-state index contributed by atoms with van der Waals surface area (Å²) in [4.78, 5) is 4.02. The van der Waals surface area contributed by atoms with E-state index in [9.17, 15) is 0 Å². The van der Waals surface area contributed by atoms with Gasteiger partial charge in [-0.2, -0.15) is 0 Å². The normalized spacial score (nSPS) is 10.3. The molecule has 0 fully saturated rings. The Labute approximate surface area is 114 Å². The van der Waals surface area contributed by atoms with E-state index < -0.39 is 0 Å².